The van der Waals surface area contributed by atoms with Gasteiger partial charge in [-0.1, -0.05) is 48.6 Å². The predicted molar refractivity (Wildman–Crippen MR) is 97.4 cm³/mol. The molecule has 3 heteroatoms. The van der Waals surface area contributed by atoms with Crippen molar-refractivity contribution in [3.05, 3.63) is 48.6 Å². The van der Waals surface area contributed by atoms with Crippen molar-refractivity contribution in [2.75, 3.05) is 0 Å². The third kappa shape index (κ3) is 20.4. The van der Waals surface area contributed by atoms with Crippen LogP contribution in [-0.4, -0.2) is 22.3 Å². The van der Waals surface area contributed by atoms with Gasteiger partial charge in [0.1, 0.15) is 0 Å². The molecule has 0 saturated carbocycles. The highest BCUT2D eigenvalue weighted by Crippen LogP contribution is 2.02. The van der Waals surface area contributed by atoms with Crippen molar-refractivity contribution < 1.29 is 15.0 Å². The molecule has 0 heterocycles. The Morgan fingerprint density at radius 2 is 1.26 bits per heavy atom. The third-order valence-corrected chi connectivity index (χ3v) is 3.24. The topological polar surface area (TPSA) is 57.5 Å². The van der Waals surface area contributed by atoms with E-state index in [2.05, 4.69) is 42.5 Å². The number of hydrogen-bond donors (Lipinski definition) is 2. The standard InChI is InChI=1S/C20H32O3/c1-19(21)17-15-13-11-9-7-5-3-2-4-6-8-10-12-14-16-18-20(22)23/h3-6,9-12,19,21H,2,7-8,13-18H2,1H3,(H,22,23)/b5-3+,6-4+,11-9+,12-10+. The number of carboxylic acids is 1. The molecule has 0 amide bonds. The maximum Gasteiger partial charge on any atom is 0.303 e. The second kappa shape index (κ2) is 16.8. The number of hydrogen-bond acceptors (Lipinski definition) is 2. The number of carboxylic acid groups (broad SMARTS) is 1. The number of rotatable bonds is 14. The van der Waals surface area contributed by atoms with Crippen molar-refractivity contribution in [3.63, 3.8) is 0 Å². The molecular formula is C20H32O3. The van der Waals surface area contributed by atoms with E-state index in [-0.39, 0.29) is 12.5 Å². The summed E-state index contributed by atoms with van der Waals surface area (Å²) >= 11 is 0. The Hall–Kier alpha value is -1.61. The molecule has 0 radical (unpaired) electrons. The monoisotopic (exact) mass is 320 g/mol. The van der Waals surface area contributed by atoms with Gasteiger partial charge in [0.25, 0.3) is 0 Å². The molecule has 0 spiro atoms. The van der Waals surface area contributed by atoms with Crippen LogP contribution in [0.5, 0.6) is 0 Å². The van der Waals surface area contributed by atoms with Crippen molar-refractivity contribution >= 4 is 5.97 Å². The SMILES string of the molecule is CC(O)CCC/C=C/C/C=C/C/C=C/C/C=C/CCCC(=O)O. The van der Waals surface area contributed by atoms with E-state index in [1.54, 1.807) is 0 Å². The summed E-state index contributed by atoms with van der Waals surface area (Å²) in [6, 6.07) is 0. The molecule has 1 unspecified atom stereocenters. The minimum atomic E-state index is -0.723. The lowest BCUT2D eigenvalue weighted by Gasteiger charge is -1.99. The smallest absolute Gasteiger partial charge is 0.303 e. The molecule has 1 atom stereocenters. The first-order chi connectivity index (χ1) is 11.1. The minimum Gasteiger partial charge on any atom is -0.481 e. The molecule has 0 aliphatic carbocycles. The van der Waals surface area contributed by atoms with Gasteiger partial charge in [-0.25, -0.2) is 0 Å². The Balaban J connectivity index is 3.43. The molecule has 3 nitrogen and oxygen atoms in total. The van der Waals surface area contributed by atoms with Crippen LogP contribution in [0.4, 0.5) is 0 Å². The van der Waals surface area contributed by atoms with Gasteiger partial charge < -0.3 is 10.2 Å². The van der Waals surface area contributed by atoms with Gasteiger partial charge in [-0.3, -0.25) is 4.79 Å². The molecule has 130 valence electrons. The minimum absolute atomic E-state index is 0.185. The van der Waals surface area contributed by atoms with Gasteiger partial charge in [-0.15, -0.1) is 0 Å². The zero-order chi connectivity index (χ0) is 17.2. The van der Waals surface area contributed by atoms with E-state index in [1.165, 1.54) is 0 Å². The van der Waals surface area contributed by atoms with Gasteiger partial charge in [-0.05, 0) is 58.3 Å². The Bertz CT molecular complexity index is 390. The Kier molecular flexibility index (Phi) is 15.6. The number of aliphatic hydroxyl groups excluding tert-OH is 1. The Labute approximate surface area is 141 Å². The number of allylic oxidation sites excluding steroid dienone is 8. The van der Waals surface area contributed by atoms with Crippen molar-refractivity contribution in [3.8, 4) is 0 Å². The van der Waals surface area contributed by atoms with Gasteiger partial charge in [0.2, 0.25) is 0 Å². The number of carbonyl (C=O) groups is 1. The van der Waals surface area contributed by atoms with Crippen molar-refractivity contribution in [2.24, 2.45) is 0 Å². The van der Waals surface area contributed by atoms with Gasteiger partial charge in [0.05, 0.1) is 6.10 Å². The van der Waals surface area contributed by atoms with E-state index < -0.39 is 5.97 Å². The summed E-state index contributed by atoms with van der Waals surface area (Å²) < 4.78 is 0. The fraction of sp³-hybridized carbons (Fsp3) is 0.550. The van der Waals surface area contributed by atoms with Crippen LogP contribution < -0.4 is 0 Å². The fourth-order valence-electron chi connectivity index (χ4n) is 1.95. The van der Waals surface area contributed by atoms with E-state index in [0.717, 1.165) is 44.9 Å². The first kappa shape index (κ1) is 21.4. The molecule has 0 aliphatic heterocycles. The lowest BCUT2D eigenvalue weighted by molar-refractivity contribution is -0.137. The molecule has 0 aromatic heterocycles. The van der Waals surface area contributed by atoms with Crippen LogP contribution in [0, 0.1) is 0 Å². The molecule has 0 saturated heterocycles. The van der Waals surface area contributed by atoms with Crippen LogP contribution in [0.3, 0.4) is 0 Å². The average Bonchev–Trinajstić information content (AvgIpc) is 2.49. The highest BCUT2D eigenvalue weighted by atomic mass is 16.4. The van der Waals surface area contributed by atoms with E-state index in [9.17, 15) is 4.79 Å². The van der Waals surface area contributed by atoms with E-state index >= 15 is 0 Å². The molecule has 23 heavy (non-hydrogen) atoms. The number of aliphatic carboxylic acids is 1. The fourth-order valence-corrected chi connectivity index (χ4v) is 1.95. The van der Waals surface area contributed by atoms with E-state index in [0.29, 0.717) is 6.42 Å². The maximum absolute atomic E-state index is 10.3. The molecule has 0 aliphatic rings. The van der Waals surface area contributed by atoms with Crippen LogP contribution in [-0.2, 0) is 4.79 Å². The molecule has 0 bridgehead atoms. The second-order valence-electron chi connectivity index (χ2n) is 5.66. The Morgan fingerprint density at radius 1 is 0.826 bits per heavy atom. The summed E-state index contributed by atoms with van der Waals surface area (Å²) in [6.45, 7) is 1.83. The molecule has 0 aromatic carbocycles. The van der Waals surface area contributed by atoms with Gasteiger partial charge in [0.15, 0.2) is 0 Å². The predicted octanol–water partition coefficient (Wildman–Crippen LogP) is 5.19. The first-order valence-electron chi connectivity index (χ1n) is 8.62. The van der Waals surface area contributed by atoms with Crippen molar-refractivity contribution in [1.29, 1.82) is 0 Å². The first-order valence-corrected chi connectivity index (χ1v) is 8.62. The second-order valence-corrected chi connectivity index (χ2v) is 5.66. The number of aliphatic hydroxyl groups is 1. The summed E-state index contributed by atoms with van der Waals surface area (Å²) in [7, 11) is 0. The van der Waals surface area contributed by atoms with Crippen LogP contribution in [0.25, 0.3) is 0 Å². The van der Waals surface area contributed by atoms with Crippen LogP contribution >= 0.6 is 0 Å². The lowest BCUT2D eigenvalue weighted by Crippen LogP contribution is -1.97. The quantitative estimate of drug-likeness (QED) is 0.342. The average molecular weight is 320 g/mol. The van der Waals surface area contributed by atoms with Gasteiger partial charge >= 0.3 is 5.97 Å². The summed E-state index contributed by atoms with van der Waals surface area (Å²) in [6.07, 6.45) is 24.5. The molecular weight excluding hydrogens is 288 g/mol. The highest BCUT2D eigenvalue weighted by molar-refractivity contribution is 5.66. The molecule has 2 N–H and O–H groups in total. The third-order valence-electron chi connectivity index (χ3n) is 3.24. The summed E-state index contributed by atoms with van der Waals surface area (Å²) in [5.41, 5.74) is 0. The zero-order valence-corrected chi connectivity index (χ0v) is 14.4. The maximum atomic E-state index is 10.3. The largest absolute Gasteiger partial charge is 0.481 e. The van der Waals surface area contributed by atoms with E-state index in [1.807, 2.05) is 13.0 Å². The zero-order valence-electron chi connectivity index (χ0n) is 14.4. The lowest BCUT2D eigenvalue weighted by atomic mass is 10.1. The molecule has 0 fully saturated rings. The molecule has 0 aromatic rings. The van der Waals surface area contributed by atoms with Gasteiger partial charge in [-0.2, -0.15) is 0 Å². The molecule has 0 rings (SSSR count). The van der Waals surface area contributed by atoms with Crippen LogP contribution in [0.2, 0.25) is 0 Å². The van der Waals surface area contributed by atoms with Crippen LogP contribution in [0.1, 0.15) is 64.7 Å². The normalized spacial score (nSPS) is 13.8. The summed E-state index contributed by atoms with van der Waals surface area (Å²) in [5, 5.41) is 17.6. The van der Waals surface area contributed by atoms with Crippen molar-refractivity contribution in [1.82, 2.24) is 0 Å². The highest BCUT2D eigenvalue weighted by Gasteiger charge is 1.93. The van der Waals surface area contributed by atoms with E-state index in [4.69, 9.17) is 10.2 Å². The van der Waals surface area contributed by atoms with Crippen LogP contribution in [0.15, 0.2) is 48.6 Å². The number of unbranched alkanes of at least 4 members (excludes halogenated alkanes) is 2. The summed E-state index contributed by atoms with van der Waals surface area (Å²) in [5.74, 6) is -0.723. The van der Waals surface area contributed by atoms with Gasteiger partial charge in [0, 0.05) is 6.42 Å². The summed E-state index contributed by atoms with van der Waals surface area (Å²) in [4.78, 5) is 10.3. The van der Waals surface area contributed by atoms with Crippen molar-refractivity contribution in [2.45, 2.75) is 70.8 Å². The Morgan fingerprint density at radius 3 is 1.70 bits per heavy atom.